The topological polar surface area (TPSA) is 66.8 Å². The number of benzene rings is 1. The van der Waals surface area contributed by atoms with Crippen molar-refractivity contribution in [3.8, 4) is 0 Å². The fourth-order valence-electron chi connectivity index (χ4n) is 2.93. The molecule has 1 aliphatic rings. The van der Waals surface area contributed by atoms with E-state index in [1.54, 1.807) is 39.8 Å². The molecule has 5 nitrogen and oxygen atoms in total. The first-order valence-electron chi connectivity index (χ1n) is 7.29. The maximum atomic E-state index is 12.7. The van der Waals surface area contributed by atoms with E-state index in [1.807, 2.05) is 26.0 Å². The maximum Gasteiger partial charge on any atom is 0.415 e. The van der Waals surface area contributed by atoms with Crippen LogP contribution in [0, 0.1) is 0 Å². The predicted molar refractivity (Wildman–Crippen MR) is 84.2 cm³/mol. The number of nitrogens with zero attached hydrogens (tertiary/aromatic N) is 1. The molecule has 0 bridgehead atoms. The second-order valence-electron chi connectivity index (χ2n) is 7.34. The number of carbonyl (C=O) groups is 2. The van der Waals surface area contributed by atoms with Gasteiger partial charge in [0.05, 0.1) is 5.69 Å². The van der Waals surface area contributed by atoms with Crippen LogP contribution in [-0.2, 0) is 14.9 Å². The van der Waals surface area contributed by atoms with E-state index in [4.69, 9.17) is 4.74 Å². The van der Waals surface area contributed by atoms with Crippen LogP contribution in [0.25, 0.3) is 0 Å². The molecule has 1 aliphatic heterocycles. The van der Waals surface area contributed by atoms with Gasteiger partial charge in [-0.2, -0.15) is 0 Å². The zero-order chi connectivity index (χ0) is 16.9. The third-order valence-electron chi connectivity index (χ3n) is 4.48. The number of carbonyl (C=O) groups excluding carboxylic acids is 1. The smallest absolute Gasteiger partial charge is 0.415 e. The molecule has 0 saturated carbocycles. The number of anilines is 1. The first-order valence-corrected chi connectivity index (χ1v) is 7.29. The van der Waals surface area contributed by atoms with Gasteiger partial charge in [0.1, 0.15) is 5.60 Å². The number of amides is 1. The fourth-order valence-corrected chi connectivity index (χ4v) is 2.93. The highest BCUT2D eigenvalue weighted by Crippen LogP contribution is 2.52. The van der Waals surface area contributed by atoms with Crippen LogP contribution in [0.1, 0.15) is 47.1 Å². The summed E-state index contributed by atoms with van der Waals surface area (Å²) in [7, 11) is 0. The zero-order valence-corrected chi connectivity index (χ0v) is 13.9. The standard InChI is InChI=1S/C17H23NO4/c1-15(2,3)22-14(21)18-12-10-8-7-9-11(12)16(4,5)17(18,6)13(19)20/h7-10H,1-6H3,(H,19,20). The number of fused-ring (bicyclic) bond motifs is 1. The van der Waals surface area contributed by atoms with E-state index in [2.05, 4.69) is 0 Å². The van der Waals surface area contributed by atoms with Crippen molar-refractivity contribution < 1.29 is 19.4 Å². The van der Waals surface area contributed by atoms with Crippen molar-refractivity contribution in [3.63, 3.8) is 0 Å². The van der Waals surface area contributed by atoms with Gasteiger partial charge in [-0.15, -0.1) is 0 Å². The van der Waals surface area contributed by atoms with Gasteiger partial charge in [-0.1, -0.05) is 32.0 Å². The lowest BCUT2D eigenvalue weighted by Crippen LogP contribution is -2.61. The SMILES string of the molecule is CC(C)(C)OC(=O)N1c2ccccc2C(C)(C)C1(C)C(=O)O. The molecule has 0 radical (unpaired) electrons. The van der Waals surface area contributed by atoms with E-state index >= 15 is 0 Å². The van der Waals surface area contributed by atoms with Gasteiger partial charge in [0, 0.05) is 5.41 Å². The molecule has 1 atom stereocenters. The molecule has 5 heteroatoms. The second kappa shape index (κ2) is 4.73. The summed E-state index contributed by atoms with van der Waals surface area (Å²) in [5, 5.41) is 9.85. The van der Waals surface area contributed by atoms with Gasteiger partial charge in [0.25, 0.3) is 0 Å². The predicted octanol–water partition coefficient (Wildman–Crippen LogP) is 3.56. The normalized spacial score (nSPS) is 23.1. The van der Waals surface area contributed by atoms with Crippen LogP contribution in [0.15, 0.2) is 24.3 Å². The monoisotopic (exact) mass is 305 g/mol. The quantitative estimate of drug-likeness (QED) is 0.861. The van der Waals surface area contributed by atoms with Gasteiger partial charge in [0.2, 0.25) is 0 Å². The molecular formula is C17H23NO4. The average molecular weight is 305 g/mol. The Morgan fingerprint density at radius 2 is 1.68 bits per heavy atom. The van der Waals surface area contributed by atoms with E-state index in [9.17, 15) is 14.7 Å². The number of hydrogen-bond donors (Lipinski definition) is 1. The molecule has 1 amide bonds. The van der Waals surface area contributed by atoms with Crippen molar-refractivity contribution in [3.05, 3.63) is 29.8 Å². The summed E-state index contributed by atoms with van der Waals surface area (Å²) in [5.41, 5.74) is -1.44. The summed E-state index contributed by atoms with van der Waals surface area (Å²) in [5.74, 6) is -1.06. The van der Waals surface area contributed by atoms with Crippen LogP contribution in [-0.4, -0.2) is 28.3 Å². The minimum atomic E-state index is -1.42. The fraction of sp³-hybridized carbons (Fsp3) is 0.529. The first-order chi connectivity index (χ1) is 9.93. The largest absolute Gasteiger partial charge is 0.479 e. The first kappa shape index (κ1) is 16.3. The third-order valence-corrected chi connectivity index (χ3v) is 4.48. The lowest BCUT2D eigenvalue weighted by atomic mass is 9.71. The Labute approximate surface area is 130 Å². The highest BCUT2D eigenvalue weighted by molar-refractivity contribution is 6.03. The molecule has 0 aromatic heterocycles. The number of para-hydroxylation sites is 1. The minimum absolute atomic E-state index is 0.589. The maximum absolute atomic E-state index is 12.7. The number of carboxylic acids is 1. The summed E-state index contributed by atoms with van der Waals surface area (Å²) >= 11 is 0. The van der Waals surface area contributed by atoms with E-state index in [-0.39, 0.29) is 0 Å². The average Bonchev–Trinajstić information content (AvgIpc) is 2.54. The summed E-state index contributed by atoms with van der Waals surface area (Å²) in [4.78, 5) is 26.0. The summed E-state index contributed by atoms with van der Waals surface area (Å²) in [6.45, 7) is 10.5. The Hall–Kier alpha value is -2.04. The zero-order valence-electron chi connectivity index (χ0n) is 13.9. The Kier molecular flexibility index (Phi) is 3.51. The van der Waals surface area contributed by atoms with Crippen molar-refractivity contribution in [2.75, 3.05) is 4.90 Å². The molecule has 22 heavy (non-hydrogen) atoms. The molecule has 0 fully saturated rings. The van der Waals surface area contributed by atoms with Crippen LogP contribution in [0.2, 0.25) is 0 Å². The van der Waals surface area contributed by atoms with Gasteiger partial charge in [0.15, 0.2) is 5.54 Å². The second-order valence-corrected chi connectivity index (χ2v) is 7.34. The summed E-state index contributed by atoms with van der Waals surface area (Å²) in [6.07, 6.45) is -0.643. The third kappa shape index (κ3) is 2.16. The van der Waals surface area contributed by atoms with Crippen molar-refractivity contribution in [2.24, 2.45) is 0 Å². The number of aliphatic carboxylic acids is 1. The molecule has 1 aromatic rings. The van der Waals surface area contributed by atoms with Crippen LogP contribution < -0.4 is 4.90 Å². The van der Waals surface area contributed by atoms with Crippen LogP contribution in [0.5, 0.6) is 0 Å². The van der Waals surface area contributed by atoms with Crippen LogP contribution in [0.3, 0.4) is 0 Å². The number of carboxylic acid groups (broad SMARTS) is 1. The van der Waals surface area contributed by atoms with Crippen molar-refractivity contribution >= 4 is 17.7 Å². The van der Waals surface area contributed by atoms with Crippen molar-refractivity contribution in [2.45, 2.75) is 58.1 Å². The Morgan fingerprint density at radius 1 is 1.14 bits per heavy atom. The van der Waals surface area contributed by atoms with Crippen LogP contribution >= 0.6 is 0 Å². The van der Waals surface area contributed by atoms with Gasteiger partial charge >= 0.3 is 12.1 Å². The lowest BCUT2D eigenvalue weighted by Gasteiger charge is -2.40. The molecule has 1 aromatic carbocycles. The molecule has 0 saturated heterocycles. The molecule has 1 unspecified atom stereocenters. The lowest BCUT2D eigenvalue weighted by molar-refractivity contribution is -0.144. The van der Waals surface area contributed by atoms with Crippen molar-refractivity contribution in [1.29, 1.82) is 0 Å². The molecule has 1 heterocycles. The molecule has 2 rings (SSSR count). The summed E-state index contributed by atoms with van der Waals surface area (Å²) in [6, 6.07) is 7.26. The molecule has 1 N–H and O–H groups in total. The van der Waals surface area contributed by atoms with Crippen molar-refractivity contribution in [1.82, 2.24) is 0 Å². The highest BCUT2D eigenvalue weighted by Gasteiger charge is 2.61. The van der Waals surface area contributed by atoms with Gasteiger partial charge in [-0.3, -0.25) is 4.90 Å². The molecule has 0 aliphatic carbocycles. The highest BCUT2D eigenvalue weighted by atomic mass is 16.6. The molecule has 0 spiro atoms. The van der Waals surface area contributed by atoms with Gasteiger partial charge in [-0.25, -0.2) is 9.59 Å². The Bertz CT molecular complexity index is 630. The Morgan fingerprint density at radius 3 is 2.18 bits per heavy atom. The van der Waals surface area contributed by atoms with Gasteiger partial charge in [-0.05, 0) is 39.3 Å². The molecular weight excluding hydrogens is 282 g/mol. The van der Waals surface area contributed by atoms with E-state index in [0.717, 1.165) is 5.56 Å². The van der Waals surface area contributed by atoms with E-state index < -0.39 is 28.6 Å². The van der Waals surface area contributed by atoms with E-state index in [0.29, 0.717) is 5.69 Å². The van der Waals surface area contributed by atoms with Gasteiger partial charge < -0.3 is 9.84 Å². The van der Waals surface area contributed by atoms with E-state index in [1.165, 1.54) is 4.90 Å². The number of rotatable bonds is 1. The molecule has 120 valence electrons. The van der Waals surface area contributed by atoms with Crippen LogP contribution in [0.4, 0.5) is 10.5 Å². The minimum Gasteiger partial charge on any atom is -0.479 e. The number of ether oxygens (including phenoxy) is 1. The number of hydrogen-bond acceptors (Lipinski definition) is 3. The Balaban J connectivity index is 2.64. The summed E-state index contributed by atoms with van der Waals surface area (Å²) < 4.78 is 5.44.